The highest BCUT2D eigenvalue weighted by atomic mass is 16.5. The summed E-state index contributed by atoms with van der Waals surface area (Å²) < 4.78 is 5.47. The fourth-order valence-electron chi connectivity index (χ4n) is 6.26. The number of rotatable bonds is 20. The number of H-pyrrole nitrogens is 1. The third-order valence-corrected chi connectivity index (χ3v) is 9.52. The Morgan fingerprint density at radius 3 is 2.19 bits per heavy atom. The summed E-state index contributed by atoms with van der Waals surface area (Å²) in [5.74, 6) is -1.60. The fourth-order valence-corrected chi connectivity index (χ4v) is 6.26. The lowest BCUT2D eigenvalue weighted by Gasteiger charge is -2.29. The number of amides is 4. The number of carbonyl (C=O) groups is 4. The second-order valence-electron chi connectivity index (χ2n) is 14.2. The molecule has 7 N–H and O–H groups in total. The van der Waals surface area contributed by atoms with Crippen LogP contribution in [0.15, 0.2) is 85.3 Å². The molecule has 0 radical (unpaired) electrons. The molecule has 0 unspecified atom stereocenters. The number of nitrogens with one attached hydrogen (secondary N) is 5. The Labute approximate surface area is 316 Å². The van der Waals surface area contributed by atoms with Crippen molar-refractivity contribution in [2.24, 2.45) is 11.8 Å². The molecule has 0 saturated heterocycles. The summed E-state index contributed by atoms with van der Waals surface area (Å²) in [5, 5.41) is 34.1. The number of alkyl carbamates (subject to hydrolysis) is 1. The van der Waals surface area contributed by atoms with Crippen molar-refractivity contribution in [3.05, 3.63) is 102 Å². The molecule has 13 heteroatoms. The van der Waals surface area contributed by atoms with Gasteiger partial charge in [-0.2, -0.15) is 0 Å². The number of hydrogen-bond donors (Lipinski definition) is 7. The summed E-state index contributed by atoms with van der Waals surface area (Å²) in [7, 11) is 0. The van der Waals surface area contributed by atoms with E-state index in [1.165, 1.54) is 6.33 Å². The first-order valence-electron chi connectivity index (χ1n) is 18.6. The zero-order valence-electron chi connectivity index (χ0n) is 31.5. The molecule has 0 bridgehead atoms. The van der Waals surface area contributed by atoms with Gasteiger partial charge >= 0.3 is 6.09 Å². The zero-order valence-corrected chi connectivity index (χ0v) is 31.5. The van der Waals surface area contributed by atoms with Crippen LogP contribution in [-0.2, 0) is 38.6 Å². The number of imidazole rings is 1. The molecule has 290 valence electrons. The summed E-state index contributed by atoms with van der Waals surface area (Å²) >= 11 is 0. The summed E-state index contributed by atoms with van der Waals surface area (Å²) in [6.45, 7) is 7.50. The van der Waals surface area contributed by atoms with Gasteiger partial charge in [0, 0.05) is 24.7 Å². The van der Waals surface area contributed by atoms with Crippen LogP contribution in [0.25, 0.3) is 10.8 Å². The van der Waals surface area contributed by atoms with Crippen molar-refractivity contribution >= 4 is 34.6 Å². The number of fused-ring (bicyclic) bond motifs is 1. The van der Waals surface area contributed by atoms with Gasteiger partial charge in [0.25, 0.3) is 0 Å². The van der Waals surface area contributed by atoms with E-state index >= 15 is 0 Å². The summed E-state index contributed by atoms with van der Waals surface area (Å²) in [6, 6.07) is 19.0. The standard InChI is InChI=1S/C41H54N6O7/c1-5-27(4)36(23-48)44-38(50)21-37(49)33(18-26(2)3)45-40(52)35(20-31-22-42-25-43-31)46-39(51)34(47-41(53)54-24-28-12-7-6-8-13-28)19-30-16-11-15-29-14-9-10-17-32(29)30/h6-17,22,25-27,33-37,48-49H,5,18-21,23-24H2,1-4H3,(H,42,43)(H,44,50)(H,45,52)(H,46,51)(H,47,53)/t27-,33-,34-,35-,36+,37-/m0/s1. The molecule has 1 heterocycles. The van der Waals surface area contributed by atoms with E-state index in [1.807, 2.05) is 100 Å². The van der Waals surface area contributed by atoms with Crippen molar-refractivity contribution in [1.82, 2.24) is 31.2 Å². The van der Waals surface area contributed by atoms with Crippen molar-refractivity contribution in [3.8, 4) is 0 Å². The third kappa shape index (κ3) is 12.7. The lowest BCUT2D eigenvalue weighted by molar-refractivity contribution is -0.131. The molecule has 6 atom stereocenters. The Balaban J connectivity index is 1.55. The van der Waals surface area contributed by atoms with Gasteiger partial charge in [-0.1, -0.05) is 107 Å². The average molecular weight is 743 g/mol. The molecule has 0 spiro atoms. The minimum absolute atomic E-state index is 0.00396. The van der Waals surface area contributed by atoms with Crippen molar-refractivity contribution in [2.45, 2.75) is 96.7 Å². The smallest absolute Gasteiger partial charge is 0.408 e. The van der Waals surface area contributed by atoms with Crippen LogP contribution in [0, 0.1) is 11.8 Å². The number of ether oxygens (including phenoxy) is 1. The number of nitrogens with zero attached hydrogens (tertiary/aromatic N) is 1. The molecule has 4 rings (SSSR count). The number of benzene rings is 3. The van der Waals surface area contributed by atoms with E-state index in [0.29, 0.717) is 12.1 Å². The Morgan fingerprint density at radius 1 is 0.815 bits per heavy atom. The lowest BCUT2D eigenvalue weighted by atomic mass is 9.95. The minimum atomic E-state index is -1.25. The molecule has 0 aliphatic heterocycles. The van der Waals surface area contributed by atoms with Gasteiger partial charge in [0.1, 0.15) is 18.7 Å². The predicted octanol–water partition coefficient (Wildman–Crippen LogP) is 3.93. The molecule has 4 aromatic rings. The maximum Gasteiger partial charge on any atom is 0.408 e. The van der Waals surface area contributed by atoms with E-state index < -0.39 is 54.1 Å². The summed E-state index contributed by atoms with van der Waals surface area (Å²) in [5.41, 5.74) is 2.15. The summed E-state index contributed by atoms with van der Waals surface area (Å²) in [4.78, 5) is 61.3. The molecule has 4 amide bonds. The molecule has 3 aromatic carbocycles. The highest BCUT2D eigenvalue weighted by molar-refractivity contribution is 5.93. The van der Waals surface area contributed by atoms with Gasteiger partial charge in [-0.05, 0) is 40.2 Å². The van der Waals surface area contributed by atoms with Crippen molar-refractivity contribution < 1.29 is 34.1 Å². The number of aliphatic hydroxyl groups excluding tert-OH is 2. The van der Waals surface area contributed by atoms with Crippen molar-refractivity contribution in [2.75, 3.05) is 6.61 Å². The van der Waals surface area contributed by atoms with E-state index in [2.05, 4.69) is 31.2 Å². The van der Waals surface area contributed by atoms with Crippen LogP contribution in [-0.4, -0.2) is 80.9 Å². The van der Waals surface area contributed by atoms with Crippen LogP contribution in [0.2, 0.25) is 0 Å². The second kappa shape index (κ2) is 20.8. The van der Waals surface area contributed by atoms with Gasteiger partial charge in [-0.3, -0.25) is 14.4 Å². The van der Waals surface area contributed by atoms with Crippen LogP contribution in [0.3, 0.4) is 0 Å². The number of aromatic nitrogens is 2. The van der Waals surface area contributed by atoms with Gasteiger partial charge in [0.05, 0.1) is 37.5 Å². The first kappa shape index (κ1) is 41.5. The third-order valence-electron chi connectivity index (χ3n) is 9.52. The van der Waals surface area contributed by atoms with Crippen LogP contribution in [0.1, 0.15) is 63.8 Å². The minimum Gasteiger partial charge on any atom is -0.445 e. The number of aromatic amines is 1. The van der Waals surface area contributed by atoms with Crippen LogP contribution < -0.4 is 21.3 Å². The van der Waals surface area contributed by atoms with Crippen molar-refractivity contribution in [3.63, 3.8) is 0 Å². The number of hydrogen-bond acceptors (Lipinski definition) is 8. The predicted molar refractivity (Wildman–Crippen MR) is 206 cm³/mol. The van der Waals surface area contributed by atoms with Gasteiger partial charge in [0.2, 0.25) is 17.7 Å². The van der Waals surface area contributed by atoms with Crippen LogP contribution >= 0.6 is 0 Å². The van der Waals surface area contributed by atoms with E-state index in [-0.39, 0.29) is 44.3 Å². The zero-order chi connectivity index (χ0) is 39.0. The van der Waals surface area contributed by atoms with Gasteiger partial charge in [0.15, 0.2) is 0 Å². The monoisotopic (exact) mass is 742 g/mol. The normalized spacial score (nSPS) is 14.6. The van der Waals surface area contributed by atoms with E-state index in [4.69, 9.17) is 4.74 Å². The van der Waals surface area contributed by atoms with Crippen molar-refractivity contribution in [1.29, 1.82) is 0 Å². The first-order valence-corrected chi connectivity index (χ1v) is 18.6. The Morgan fingerprint density at radius 2 is 1.50 bits per heavy atom. The highest BCUT2D eigenvalue weighted by Gasteiger charge is 2.32. The Bertz CT molecular complexity index is 1780. The van der Waals surface area contributed by atoms with Gasteiger partial charge in [-0.25, -0.2) is 9.78 Å². The molecule has 1 aromatic heterocycles. The molecule has 54 heavy (non-hydrogen) atoms. The van der Waals surface area contributed by atoms with E-state index in [1.54, 1.807) is 6.20 Å². The quantitative estimate of drug-likeness (QED) is 0.0708. The maximum absolute atomic E-state index is 14.2. The maximum atomic E-state index is 14.2. The lowest BCUT2D eigenvalue weighted by Crippen LogP contribution is -2.57. The molecule has 13 nitrogen and oxygen atoms in total. The summed E-state index contributed by atoms with van der Waals surface area (Å²) in [6.07, 6.45) is 1.86. The molecule has 0 saturated carbocycles. The van der Waals surface area contributed by atoms with Crippen LogP contribution in [0.5, 0.6) is 0 Å². The number of aliphatic hydroxyl groups is 2. The van der Waals surface area contributed by atoms with E-state index in [0.717, 1.165) is 28.3 Å². The topological polar surface area (TPSA) is 195 Å². The largest absolute Gasteiger partial charge is 0.445 e. The van der Waals surface area contributed by atoms with Gasteiger partial charge in [-0.15, -0.1) is 0 Å². The second-order valence-corrected chi connectivity index (χ2v) is 14.2. The molecular formula is C41H54N6O7. The molecular weight excluding hydrogens is 688 g/mol. The fraction of sp³-hybridized carbons (Fsp3) is 0.439. The SMILES string of the molecule is CC[C@H](C)[C@@H](CO)NC(=O)C[C@H](O)[C@H](CC(C)C)NC(=O)[C@H](Cc1cnc[nH]1)NC(=O)[C@H](Cc1cccc2ccccc12)NC(=O)OCc1ccccc1. The highest BCUT2D eigenvalue weighted by Crippen LogP contribution is 2.20. The van der Waals surface area contributed by atoms with E-state index in [9.17, 15) is 29.4 Å². The average Bonchev–Trinajstić information content (AvgIpc) is 3.68. The Kier molecular flexibility index (Phi) is 16.0. The molecule has 0 aliphatic rings. The molecule has 0 fully saturated rings. The van der Waals surface area contributed by atoms with Crippen LogP contribution in [0.4, 0.5) is 4.79 Å². The first-order chi connectivity index (χ1) is 26.0. The number of carbonyl (C=O) groups excluding carboxylic acids is 4. The van der Waals surface area contributed by atoms with Gasteiger partial charge < -0.3 is 41.2 Å². The molecule has 0 aliphatic carbocycles. The Hall–Kier alpha value is -5.27.